The SMILES string of the molecule is COC1COc2c(SNC(=O)Nc3c4c(cc(C)c3-c3ccn5ccnc5c3)CCC4)cnn2C1. The molecule has 0 saturated carbocycles. The number of nitrogens with zero attached hydrogens (tertiary/aromatic N) is 4. The Morgan fingerprint density at radius 1 is 1.29 bits per heavy atom. The van der Waals surface area contributed by atoms with E-state index in [2.05, 4.69) is 45.2 Å². The molecule has 2 aliphatic rings. The van der Waals surface area contributed by atoms with Gasteiger partial charge in [-0.1, -0.05) is 6.07 Å². The smallest absolute Gasteiger partial charge is 0.329 e. The first kappa shape index (κ1) is 22.0. The maximum atomic E-state index is 13.1. The molecule has 4 aromatic rings. The Kier molecular flexibility index (Phi) is 5.62. The van der Waals surface area contributed by atoms with Crippen LogP contribution in [-0.4, -0.2) is 45.0 Å². The number of amides is 2. The van der Waals surface area contributed by atoms with E-state index in [1.165, 1.54) is 23.1 Å². The van der Waals surface area contributed by atoms with Crippen LogP contribution in [-0.2, 0) is 24.1 Å². The van der Waals surface area contributed by atoms with Gasteiger partial charge in [0.05, 0.1) is 18.4 Å². The molecule has 9 nitrogen and oxygen atoms in total. The van der Waals surface area contributed by atoms with Gasteiger partial charge >= 0.3 is 6.03 Å². The van der Waals surface area contributed by atoms with Crippen molar-refractivity contribution in [2.75, 3.05) is 19.0 Å². The molecule has 0 spiro atoms. The lowest BCUT2D eigenvalue weighted by molar-refractivity contribution is 0.0166. The van der Waals surface area contributed by atoms with E-state index in [9.17, 15) is 4.79 Å². The Hall–Kier alpha value is -3.50. The van der Waals surface area contributed by atoms with Crippen LogP contribution in [0.4, 0.5) is 10.5 Å². The van der Waals surface area contributed by atoms with Crippen LogP contribution in [0.15, 0.2) is 47.9 Å². The molecule has 1 aromatic carbocycles. The zero-order valence-corrected chi connectivity index (χ0v) is 20.4. The lowest BCUT2D eigenvalue weighted by Crippen LogP contribution is -2.32. The van der Waals surface area contributed by atoms with E-state index >= 15 is 0 Å². The minimum atomic E-state index is -0.289. The summed E-state index contributed by atoms with van der Waals surface area (Å²) in [6.45, 7) is 3.19. The van der Waals surface area contributed by atoms with Crippen molar-refractivity contribution in [3.05, 3.63) is 59.7 Å². The number of benzene rings is 1. The molecule has 2 amide bonds. The third-order valence-corrected chi connectivity index (χ3v) is 7.44. The highest BCUT2D eigenvalue weighted by atomic mass is 32.2. The van der Waals surface area contributed by atoms with Gasteiger partial charge in [-0.25, -0.2) is 14.5 Å². The summed E-state index contributed by atoms with van der Waals surface area (Å²) in [6.07, 6.45) is 10.4. The average molecular weight is 491 g/mol. The van der Waals surface area contributed by atoms with Crippen molar-refractivity contribution in [3.8, 4) is 17.0 Å². The number of anilines is 1. The van der Waals surface area contributed by atoms with Crippen LogP contribution in [0.25, 0.3) is 16.8 Å². The van der Waals surface area contributed by atoms with E-state index in [0.717, 1.165) is 52.2 Å². The van der Waals surface area contributed by atoms with Crippen molar-refractivity contribution < 1.29 is 14.3 Å². The average Bonchev–Trinajstić information content (AvgIpc) is 3.61. The van der Waals surface area contributed by atoms with E-state index < -0.39 is 0 Å². The highest BCUT2D eigenvalue weighted by Crippen LogP contribution is 2.40. The van der Waals surface area contributed by atoms with Crippen molar-refractivity contribution in [1.29, 1.82) is 0 Å². The second-order valence-electron chi connectivity index (χ2n) is 8.87. The quantitative estimate of drug-likeness (QED) is 0.407. The third-order valence-electron chi connectivity index (χ3n) is 6.65. The van der Waals surface area contributed by atoms with E-state index in [1.807, 2.05) is 16.8 Å². The number of fused-ring (bicyclic) bond motifs is 3. The number of hydrogen-bond donors (Lipinski definition) is 2. The molecule has 1 atom stereocenters. The van der Waals surface area contributed by atoms with Gasteiger partial charge in [0.2, 0.25) is 5.88 Å². The molecule has 1 unspecified atom stereocenters. The highest BCUT2D eigenvalue weighted by Gasteiger charge is 2.25. The van der Waals surface area contributed by atoms with E-state index in [4.69, 9.17) is 9.47 Å². The minimum Gasteiger partial charge on any atom is -0.474 e. The maximum Gasteiger partial charge on any atom is 0.329 e. The Labute approximate surface area is 207 Å². The fourth-order valence-electron chi connectivity index (χ4n) is 4.97. The van der Waals surface area contributed by atoms with Crippen molar-refractivity contribution in [3.63, 3.8) is 0 Å². The van der Waals surface area contributed by atoms with Gasteiger partial charge in [0.15, 0.2) is 0 Å². The van der Waals surface area contributed by atoms with Gasteiger partial charge in [-0.05, 0) is 72.5 Å². The highest BCUT2D eigenvalue weighted by molar-refractivity contribution is 7.98. The van der Waals surface area contributed by atoms with Gasteiger partial charge in [0, 0.05) is 31.3 Å². The number of nitrogens with one attached hydrogen (secondary N) is 2. The number of imidazole rings is 1. The molecule has 2 N–H and O–H groups in total. The van der Waals surface area contributed by atoms with Crippen molar-refractivity contribution in [2.45, 2.75) is 43.7 Å². The molecule has 10 heteroatoms. The number of aromatic nitrogens is 4. The number of methoxy groups -OCH3 is 1. The molecule has 1 aliphatic heterocycles. The van der Waals surface area contributed by atoms with Crippen LogP contribution in [0, 0.1) is 6.92 Å². The summed E-state index contributed by atoms with van der Waals surface area (Å²) in [5, 5.41) is 7.53. The maximum absolute atomic E-state index is 13.1. The van der Waals surface area contributed by atoms with Crippen molar-refractivity contribution in [1.82, 2.24) is 23.9 Å². The first-order valence-electron chi connectivity index (χ1n) is 11.6. The zero-order chi connectivity index (χ0) is 23.9. The van der Waals surface area contributed by atoms with Crippen LogP contribution >= 0.6 is 11.9 Å². The zero-order valence-electron chi connectivity index (χ0n) is 19.6. The van der Waals surface area contributed by atoms with Crippen LogP contribution in [0.1, 0.15) is 23.1 Å². The Morgan fingerprint density at radius 3 is 3.09 bits per heavy atom. The largest absolute Gasteiger partial charge is 0.474 e. The second kappa shape index (κ2) is 8.94. The van der Waals surface area contributed by atoms with E-state index in [0.29, 0.717) is 19.0 Å². The number of carbonyl (C=O) groups excluding carboxylic acids is 1. The monoisotopic (exact) mass is 490 g/mol. The Morgan fingerprint density at radius 2 is 2.20 bits per heavy atom. The second-order valence-corrected chi connectivity index (χ2v) is 9.71. The Bertz CT molecular complexity index is 1430. The first-order valence-corrected chi connectivity index (χ1v) is 12.5. The molecule has 1 aliphatic carbocycles. The summed E-state index contributed by atoms with van der Waals surface area (Å²) < 4.78 is 17.8. The van der Waals surface area contributed by atoms with Gasteiger partial charge < -0.3 is 19.2 Å². The van der Waals surface area contributed by atoms with Gasteiger partial charge in [0.1, 0.15) is 23.3 Å². The van der Waals surface area contributed by atoms with Gasteiger partial charge in [-0.3, -0.25) is 4.72 Å². The van der Waals surface area contributed by atoms with Crippen LogP contribution < -0.4 is 14.8 Å². The van der Waals surface area contributed by atoms with Crippen LogP contribution in [0.2, 0.25) is 0 Å². The number of urea groups is 1. The number of aryl methyl sites for hydroxylation is 2. The molecule has 3 aromatic heterocycles. The minimum absolute atomic E-state index is 0.0282. The summed E-state index contributed by atoms with van der Waals surface area (Å²) in [5.74, 6) is 0.647. The normalized spacial score (nSPS) is 16.6. The summed E-state index contributed by atoms with van der Waals surface area (Å²) in [7, 11) is 1.66. The van der Waals surface area contributed by atoms with E-state index in [-0.39, 0.29) is 12.1 Å². The molecule has 6 rings (SSSR count). The molecule has 4 heterocycles. The van der Waals surface area contributed by atoms with Gasteiger partial charge in [-0.15, -0.1) is 0 Å². The van der Waals surface area contributed by atoms with Crippen LogP contribution in [0.5, 0.6) is 5.88 Å². The van der Waals surface area contributed by atoms with Crippen molar-refractivity contribution >= 4 is 29.3 Å². The molecule has 0 fully saturated rings. The fourth-order valence-corrected chi connectivity index (χ4v) is 5.58. The molecular formula is C25H26N6O3S. The standard InChI is InChI=1S/C25H26N6O3S/c1-15-10-16-4-3-5-19(16)23(22(15)17-6-8-30-9-7-26-21(30)11-17)28-25(32)29-35-20-12-27-31-13-18(33-2)14-34-24(20)31/h6-12,18H,3-5,13-14H2,1-2H3,(H2,28,29,32). The summed E-state index contributed by atoms with van der Waals surface area (Å²) in [4.78, 5) is 18.3. The number of hydrogen-bond acceptors (Lipinski definition) is 6. The molecule has 35 heavy (non-hydrogen) atoms. The lowest BCUT2D eigenvalue weighted by Gasteiger charge is -2.23. The number of carbonyl (C=O) groups is 1. The topological polar surface area (TPSA) is 94.7 Å². The predicted octanol–water partition coefficient (Wildman–Crippen LogP) is 4.23. The van der Waals surface area contributed by atoms with Gasteiger partial charge in [0.25, 0.3) is 0 Å². The predicted molar refractivity (Wildman–Crippen MR) is 134 cm³/mol. The molecule has 180 valence electrons. The number of pyridine rings is 1. The first-order chi connectivity index (χ1) is 17.1. The molecular weight excluding hydrogens is 464 g/mol. The van der Waals surface area contributed by atoms with Crippen LogP contribution in [0.3, 0.4) is 0 Å². The Balaban J connectivity index is 1.26. The van der Waals surface area contributed by atoms with Gasteiger partial charge in [-0.2, -0.15) is 5.10 Å². The summed E-state index contributed by atoms with van der Waals surface area (Å²) >= 11 is 1.20. The lowest BCUT2D eigenvalue weighted by atomic mass is 9.93. The number of rotatable bonds is 5. The summed E-state index contributed by atoms with van der Waals surface area (Å²) in [6, 6.07) is 6.10. The summed E-state index contributed by atoms with van der Waals surface area (Å²) in [5.41, 5.74) is 7.47. The van der Waals surface area contributed by atoms with Crippen molar-refractivity contribution in [2.24, 2.45) is 0 Å². The molecule has 0 saturated heterocycles. The molecule has 0 radical (unpaired) electrons. The van der Waals surface area contributed by atoms with E-state index in [1.54, 1.807) is 24.2 Å². The third kappa shape index (κ3) is 4.02. The number of ether oxygens (including phenoxy) is 2. The molecule has 0 bridgehead atoms. The fraction of sp³-hybridized carbons (Fsp3) is 0.320.